The van der Waals surface area contributed by atoms with Gasteiger partial charge in [-0.05, 0) is 70.2 Å². The van der Waals surface area contributed by atoms with E-state index >= 15 is 4.57 Å². The third-order valence-electron chi connectivity index (χ3n) is 5.74. The Labute approximate surface area is 183 Å². The van der Waals surface area contributed by atoms with Gasteiger partial charge >= 0.3 is 0 Å². The van der Waals surface area contributed by atoms with Gasteiger partial charge in [0.25, 0.3) is 0 Å². The Morgan fingerprint density at radius 3 is 2.43 bits per heavy atom. The van der Waals surface area contributed by atoms with Crippen LogP contribution in [-0.2, 0) is 4.57 Å². The summed E-state index contributed by atoms with van der Waals surface area (Å²) in [6.07, 6.45) is 19.3. The smallest absolute Gasteiger partial charge is 0.150 e. The Kier molecular flexibility index (Phi) is 8.44. The van der Waals surface area contributed by atoms with Crippen molar-refractivity contribution in [3.05, 3.63) is 107 Å². The normalized spacial score (nSPS) is 19.9. The van der Waals surface area contributed by atoms with Gasteiger partial charge in [-0.2, -0.15) is 0 Å². The average Bonchev–Trinajstić information content (AvgIpc) is 2.74. The van der Waals surface area contributed by atoms with Gasteiger partial charge in [-0.1, -0.05) is 85.0 Å². The topological polar surface area (TPSA) is 17.1 Å². The second-order valence-electron chi connectivity index (χ2n) is 7.82. The average molecular weight is 419 g/mol. The third kappa shape index (κ3) is 4.85. The number of aryl methyl sites for hydroxylation is 1. The lowest BCUT2D eigenvalue weighted by molar-refractivity contribution is 0.579. The maximum absolute atomic E-state index is 15.1. The first-order valence-corrected chi connectivity index (χ1v) is 12.4. The minimum absolute atomic E-state index is 0.118. The number of hydrogen-bond donors (Lipinski definition) is 0. The molecule has 1 nitrogen and oxygen atoms in total. The lowest BCUT2D eigenvalue weighted by Gasteiger charge is -2.33. The lowest BCUT2D eigenvalue weighted by Crippen LogP contribution is -2.24. The summed E-state index contributed by atoms with van der Waals surface area (Å²) in [6, 6.07) is 6.13. The fraction of sp³-hybridized carbons (Fsp3) is 0.286. The van der Waals surface area contributed by atoms with E-state index in [4.69, 9.17) is 0 Å². The molecule has 0 heterocycles. The molecule has 0 saturated heterocycles. The van der Waals surface area contributed by atoms with Gasteiger partial charge in [0, 0.05) is 16.3 Å². The lowest BCUT2D eigenvalue weighted by atomic mass is 9.98. The zero-order valence-corrected chi connectivity index (χ0v) is 20.2. The summed E-state index contributed by atoms with van der Waals surface area (Å²) in [5.74, 6) is 0. The molecule has 0 spiro atoms. The summed E-state index contributed by atoms with van der Waals surface area (Å²) < 4.78 is 15.1. The summed E-state index contributed by atoms with van der Waals surface area (Å²) in [4.78, 5) is 0. The van der Waals surface area contributed by atoms with E-state index in [0.29, 0.717) is 5.31 Å². The van der Waals surface area contributed by atoms with Crippen LogP contribution in [0.15, 0.2) is 95.4 Å². The molecule has 0 saturated carbocycles. The number of benzene rings is 1. The summed E-state index contributed by atoms with van der Waals surface area (Å²) in [6.45, 7) is 16.6. The highest BCUT2D eigenvalue weighted by molar-refractivity contribution is 7.76. The second-order valence-corrected chi connectivity index (χ2v) is 10.8. The van der Waals surface area contributed by atoms with E-state index in [9.17, 15) is 0 Å². The van der Waals surface area contributed by atoms with Crippen LogP contribution >= 0.6 is 7.14 Å². The van der Waals surface area contributed by atoms with Crippen LogP contribution in [0.4, 0.5) is 0 Å². The molecule has 2 rings (SSSR count). The fourth-order valence-corrected chi connectivity index (χ4v) is 7.28. The summed E-state index contributed by atoms with van der Waals surface area (Å²) >= 11 is 0. The van der Waals surface area contributed by atoms with Crippen LogP contribution in [0.5, 0.6) is 0 Å². The highest BCUT2D eigenvalue weighted by atomic mass is 31.2. The van der Waals surface area contributed by atoms with Crippen molar-refractivity contribution >= 4 is 18.5 Å². The van der Waals surface area contributed by atoms with Crippen molar-refractivity contribution in [2.75, 3.05) is 0 Å². The van der Waals surface area contributed by atoms with Crippen molar-refractivity contribution in [2.24, 2.45) is 0 Å². The summed E-state index contributed by atoms with van der Waals surface area (Å²) in [7, 11) is -3.04. The standard InChI is InChI=1S/C28H35OP/c1-8-13-25-22(5)15-11-17-27(25)30(29,24(7)20-19-21(4)10-3)28-18-12-16-23(6)26(28)14-9-2/h8-17,19-20,28H,7,18H2,1-6H3/b13-8-,14-9-,20-19-,21-10-. The maximum atomic E-state index is 15.1. The highest BCUT2D eigenvalue weighted by Gasteiger charge is 2.40. The molecule has 2 heteroatoms. The zero-order valence-electron chi connectivity index (χ0n) is 19.3. The zero-order chi connectivity index (χ0) is 22.3. The van der Waals surface area contributed by atoms with Crippen LogP contribution in [0.3, 0.4) is 0 Å². The predicted octanol–water partition coefficient (Wildman–Crippen LogP) is 8.27. The summed E-state index contributed by atoms with van der Waals surface area (Å²) in [5.41, 5.74) is 5.51. The monoisotopic (exact) mass is 418 g/mol. The molecule has 0 bridgehead atoms. The molecule has 1 aromatic carbocycles. The van der Waals surface area contributed by atoms with Crippen LogP contribution in [0.2, 0.25) is 0 Å². The predicted molar refractivity (Wildman–Crippen MR) is 136 cm³/mol. The molecule has 0 fully saturated rings. The Balaban J connectivity index is 2.83. The minimum atomic E-state index is -3.04. The van der Waals surface area contributed by atoms with Gasteiger partial charge in [0.05, 0.1) is 0 Å². The molecule has 1 aliphatic carbocycles. The molecule has 1 aliphatic rings. The first kappa shape index (κ1) is 23.9. The number of hydrogen-bond acceptors (Lipinski definition) is 1. The van der Waals surface area contributed by atoms with Gasteiger partial charge in [0.15, 0.2) is 7.14 Å². The second kappa shape index (κ2) is 10.6. The molecule has 0 N–H and O–H groups in total. The molecule has 0 aromatic heterocycles. The van der Waals surface area contributed by atoms with Crippen molar-refractivity contribution in [1.82, 2.24) is 0 Å². The van der Waals surface area contributed by atoms with Gasteiger partial charge in [-0.15, -0.1) is 0 Å². The van der Waals surface area contributed by atoms with E-state index in [1.807, 2.05) is 70.2 Å². The van der Waals surface area contributed by atoms with Gasteiger partial charge < -0.3 is 4.57 Å². The van der Waals surface area contributed by atoms with Crippen molar-refractivity contribution in [3.63, 3.8) is 0 Å². The molecule has 1 aromatic rings. The Bertz CT molecular complexity index is 1020. The Morgan fingerprint density at radius 1 is 1.10 bits per heavy atom. The van der Waals surface area contributed by atoms with Crippen molar-refractivity contribution in [1.29, 1.82) is 0 Å². The molecular formula is C28H35OP. The number of allylic oxidation sites excluding steroid dienone is 12. The van der Waals surface area contributed by atoms with Crippen LogP contribution in [0.25, 0.3) is 6.08 Å². The SMILES string of the molecule is C=C(/C=C\C(C)=C/C)P(=O)(c1cccc(C)c1/C=C\C)C1CC=CC(C)=C1/C=C\C. The molecule has 2 atom stereocenters. The molecule has 0 aliphatic heterocycles. The largest absolute Gasteiger partial charge is 0.313 e. The van der Waals surface area contributed by atoms with E-state index < -0.39 is 7.14 Å². The molecule has 0 radical (unpaired) electrons. The van der Waals surface area contributed by atoms with Crippen LogP contribution in [0, 0.1) is 6.92 Å². The van der Waals surface area contributed by atoms with E-state index in [-0.39, 0.29) is 5.66 Å². The molecule has 2 unspecified atom stereocenters. The number of rotatable bonds is 7. The van der Waals surface area contributed by atoms with Crippen LogP contribution < -0.4 is 5.30 Å². The van der Waals surface area contributed by atoms with Crippen LogP contribution in [-0.4, -0.2) is 5.66 Å². The van der Waals surface area contributed by atoms with E-state index in [2.05, 4.69) is 50.8 Å². The van der Waals surface area contributed by atoms with E-state index in [0.717, 1.165) is 34.0 Å². The molecule has 158 valence electrons. The maximum Gasteiger partial charge on any atom is 0.150 e. The van der Waals surface area contributed by atoms with Gasteiger partial charge in [0.2, 0.25) is 0 Å². The van der Waals surface area contributed by atoms with Crippen molar-refractivity contribution in [3.8, 4) is 0 Å². The van der Waals surface area contributed by atoms with Crippen LogP contribution in [0.1, 0.15) is 52.2 Å². The minimum Gasteiger partial charge on any atom is -0.313 e. The molecule has 0 amide bonds. The van der Waals surface area contributed by atoms with E-state index in [1.165, 1.54) is 5.57 Å². The third-order valence-corrected chi connectivity index (χ3v) is 9.21. The first-order chi connectivity index (χ1) is 14.3. The highest BCUT2D eigenvalue weighted by Crippen LogP contribution is 2.62. The van der Waals surface area contributed by atoms with Crippen molar-refractivity contribution in [2.45, 2.75) is 53.6 Å². The van der Waals surface area contributed by atoms with Crippen molar-refractivity contribution < 1.29 is 4.57 Å². The van der Waals surface area contributed by atoms with Gasteiger partial charge in [0.1, 0.15) is 0 Å². The van der Waals surface area contributed by atoms with Gasteiger partial charge in [-0.25, -0.2) is 0 Å². The first-order valence-electron chi connectivity index (χ1n) is 10.6. The quantitative estimate of drug-likeness (QED) is 0.322. The van der Waals surface area contributed by atoms with E-state index in [1.54, 1.807) is 0 Å². The summed E-state index contributed by atoms with van der Waals surface area (Å²) in [5, 5.41) is 1.61. The Hall–Kier alpha value is -2.37. The molecular weight excluding hydrogens is 383 g/mol. The van der Waals surface area contributed by atoms with Gasteiger partial charge in [-0.3, -0.25) is 0 Å². The fourth-order valence-electron chi connectivity index (χ4n) is 3.92. The Morgan fingerprint density at radius 2 is 1.80 bits per heavy atom. The molecule has 30 heavy (non-hydrogen) atoms.